The first-order valence-corrected chi connectivity index (χ1v) is 4.72. The molecule has 0 atom stereocenters. The Hall–Kier alpha value is -1.13. The second kappa shape index (κ2) is 5.68. The van der Waals surface area contributed by atoms with Gasteiger partial charge in [-0.1, -0.05) is 18.2 Å². The fourth-order valence-electron chi connectivity index (χ4n) is 1.43. The fraction of sp³-hybridized carbons (Fsp3) is 0.182. The molecule has 0 aliphatic carbocycles. The molecule has 0 bridgehead atoms. The maximum absolute atomic E-state index is 5.48. The van der Waals surface area contributed by atoms with Gasteiger partial charge in [-0.25, -0.2) is 9.13 Å². The van der Waals surface area contributed by atoms with Crippen LogP contribution in [-0.2, 0) is 6.54 Å². The number of para-hydroxylation sites is 1. The maximum atomic E-state index is 5.48. The fourth-order valence-corrected chi connectivity index (χ4v) is 1.43. The van der Waals surface area contributed by atoms with E-state index in [-0.39, 0.29) is 17.0 Å². The molecule has 4 heteroatoms. The van der Waals surface area contributed by atoms with Crippen molar-refractivity contribution in [2.24, 2.45) is 5.73 Å². The van der Waals surface area contributed by atoms with Crippen molar-refractivity contribution in [2.75, 3.05) is 6.54 Å². The number of benzene rings is 1. The maximum Gasteiger partial charge on any atom is 0.249 e. The first-order valence-electron chi connectivity index (χ1n) is 4.72. The van der Waals surface area contributed by atoms with Crippen LogP contribution < -0.4 is 27.3 Å². The van der Waals surface area contributed by atoms with Gasteiger partial charge in [0.1, 0.15) is 24.6 Å². The van der Waals surface area contributed by atoms with Crippen LogP contribution in [-0.4, -0.2) is 11.1 Å². The molecule has 0 saturated carbocycles. The van der Waals surface area contributed by atoms with Gasteiger partial charge in [-0.2, -0.15) is 0 Å². The van der Waals surface area contributed by atoms with E-state index in [9.17, 15) is 0 Å². The van der Waals surface area contributed by atoms with Gasteiger partial charge in [0.15, 0.2) is 0 Å². The Labute approximate surface area is 99.9 Å². The summed E-state index contributed by atoms with van der Waals surface area (Å²) in [6, 6.07) is 10.2. The van der Waals surface area contributed by atoms with Crippen LogP contribution in [0.3, 0.4) is 0 Å². The topological polar surface area (TPSA) is 34.8 Å². The van der Waals surface area contributed by atoms with E-state index < -0.39 is 0 Å². The Kier molecular flexibility index (Phi) is 4.52. The molecule has 2 rings (SSSR count). The summed E-state index contributed by atoms with van der Waals surface area (Å²) in [5.41, 5.74) is 6.65. The van der Waals surface area contributed by atoms with Crippen molar-refractivity contribution in [3.63, 3.8) is 0 Å². The predicted molar refractivity (Wildman–Crippen MR) is 55.0 cm³/mol. The van der Waals surface area contributed by atoms with Crippen LogP contribution in [0, 0.1) is 0 Å². The van der Waals surface area contributed by atoms with Gasteiger partial charge in [0.2, 0.25) is 6.33 Å². The molecule has 0 amide bonds. The van der Waals surface area contributed by atoms with E-state index in [0.29, 0.717) is 6.54 Å². The number of imidazole rings is 1. The van der Waals surface area contributed by atoms with Crippen molar-refractivity contribution >= 4 is 0 Å². The van der Waals surface area contributed by atoms with Crippen LogP contribution in [0.15, 0.2) is 49.1 Å². The summed E-state index contributed by atoms with van der Waals surface area (Å²) in [5, 5.41) is 0. The summed E-state index contributed by atoms with van der Waals surface area (Å²) in [6.07, 6.45) is 6.10. The molecule has 2 aromatic rings. The lowest BCUT2D eigenvalue weighted by Crippen LogP contribution is -3.00. The molecule has 0 saturated heterocycles. The van der Waals surface area contributed by atoms with Crippen LogP contribution in [0.1, 0.15) is 0 Å². The highest BCUT2D eigenvalue weighted by Crippen LogP contribution is 2.03. The number of hydrogen-bond donors (Lipinski definition) is 1. The summed E-state index contributed by atoms with van der Waals surface area (Å²) in [5.74, 6) is 0. The lowest BCUT2D eigenvalue weighted by Gasteiger charge is -1.93. The van der Waals surface area contributed by atoms with E-state index in [1.807, 2.05) is 36.9 Å². The number of halogens is 1. The highest BCUT2D eigenvalue weighted by atomic mass is 79.9. The monoisotopic (exact) mass is 267 g/mol. The molecule has 0 radical (unpaired) electrons. The molecule has 0 spiro atoms. The molecule has 0 fully saturated rings. The Morgan fingerprint density at radius 1 is 1.20 bits per heavy atom. The second-order valence-electron chi connectivity index (χ2n) is 3.18. The normalized spacial score (nSPS) is 9.67. The molecule has 80 valence electrons. The average Bonchev–Trinajstić information content (AvgIpc) is 2.68. The largest absolute Gasteiger partial charge is 1.00 e. The molecule has 2 N–H and O–H groups in total. The minimum Gasteiger partial charge on any atom is -1.00 e. The van der Waals surface area contributed by atoms with Crippen LogP contribution in [0.5, 0.6) is 0 Å². The second-order valence-corrected chi connectivity index (χ2v) is 3.18. The molecule has 1 aromatic heterocycles. The van der Waals surface area contributed by atoms with E-state index >= 15 is 0 Å². The Balaban J connectivity index is 0.00000112. The number of nitrogens with two attached hydrogens (primary N) is 1. The zero-order valence-corrected chi connectivity index (χ0v) is 9.97. The zero-order valence-electron chi connectivity index (χ0n) is 8.38. The van der Waals surface area contributed by atoms with Crippen molar-refractivity contribution < 1.29 is 21.5 Å². The molecule has 3 nitrogen and oxygen atoms in total. The van der Waals surface area contributed by atoms with E-state index in [1.54, 1.807) is 0 Å². The summed E-state index contributed by atoms with van der Waals surface area (Å²) < 4.78 is 4.16. The summed E-state index contributed by atoms with van der Waals surface area (Å²) >= 11 is 0. The van der Waals surface area contributed by atoms with Gasteiger partial charge < -0.3 is 22.7 Å². The zero-order chi connectivity index (χ0) is 9.80. The summed E-state index contributed by atoms with van der Waals surface area (Å²) in [7, 11) is 0. The number of nitrogens with zero attached hydrogens (tertiary/aromatic N) is 2. The molecule has 0 aliphatic heterocycles. The molecule has 15 heavy (non-hydrogen) atoms. The molecular weight excluding hydrogens is 254 g/mol. The SMILES string of the molecule is NCC[n+]1ccn(-c2ccccc2)c1.[Br-]. The van der Waals surface area contributed by atoms with Gasteiger partial charge in [0.05, 0.1) is 0 Å². The van der Waals surface area contributed by atoms with Crippen molar-refractivity contribution in [3.05, 3.63) is 49.1 Å². The van der Waals surface area contributed by atoms with Gasteiger partial charge >= 0.3 is 0 Å². The quantitative estimate of drug-likeness (QED) is 0.626. The van der Waals surface area contributed by atoms with Crippen LogP contribution in [0.2, 0.25) is 0 Å². The van der Waals surface area contributed by atoms with E-state index in [2.05, 4.69) is 21.3 Å². The van der Waals surface area contributed by atoms with Crippen molar-refractivity contribution in [3.8, 4) is 5.69 Å². The van der Waals surface area contributed by atoms with Crippen LogP contribution >= 0.6 is 0 Å². The van der Waals surface area contributed by atoms with Crippen molar-refractivity contribution in [2.45, 2.75) is 6.54 Å². The highest BCUT2D eigenvalue weighted by Gasteiger charge is 2.03. The number of hydrogen-bond acceptors (Lipinski definition) is 1. The Morgan fingerprint density at radius 3 is 2.60 bits per heavy atom. The molecular formula is C11H14BrN3. The van der Waals surface area contributed by atoms with Gasteiger partial charge in [0.25, 0.3) is 0 Å². The van der Waals surface area contributed by atoms with Crippen molar-refractivity contribution in [1.82, 2.24) is 4.57 Å². The van der Waals surface area contributed by atoms with E-state index in [0.717, 1.165) is 6.54 Å². The lowest BCUT2D eigenvalue weighted by molar-refractivity contribution is -0.693. The average molecular weight is 268 g/mol. The Morgan fingerprint density at radius 2 is 1.93 bits per heavy atom. The highest BCUT2D eigenvalue weighted by molar-refractivity contribution is 5.30. The minimum absolute atomic E-state index is 0. The predicted octanol–water partition coefficient (Wildman–Crippen LogP) is -2.27. The smallest absolute Gasteiger partial charge is 0.249 e. The van der Waals surface area contributed by atoms with Gasteiger partial charge in [0, 0.05) is 6.54 Å². The number of rotatable bonds is 3. The third-order valence-electron chi connectivity index (χ3n) is 2.13. The summed E-state index contributed by atoms with van der Waals surface area (Å²) in [6.45, 7) is 1.53. The molecule has 0 aliphatic rings. The van der Waals surface area contributed by atoms with Gasteiger partial charge in [-0.3, -0.25) is 0 Å². The van der Waals surface area contributed by atoms with Crippen LogP contribution in [0.4, 0.5) is 0 Å². The van der Waals surface area contributed by atoms with Crippen molar-refractivity contribution in [1.29, 1.82) is 0 Å². The van der Waals surface area contributed by atoms with E-state index in [4.69, 9.17) is 5.73 Å². The van der Waals surface area contributed by atoms with Crippen LogP contribution in [0.25, 0.3) is 5.69 Å². The Bertz CT molecular complexity index is 397. The van der Waals surface area contributed by atoms with Gasteiger partial charge in [-0.15, -0.1) is 0 Å². The lowest BCUT2D eigenvalue weighted by atomic mass is 10.3. The third kappa shape index (κ3) is 2.91. The first kappa shape index (κ1) is 11.9. The van der Waals surface area contributed by atoms with Gasteiger partial charge in [-0.05, 0) is 12.1 Å². The number of aromatic nitrogens is 2. The summed E-state index contributed by atoms with van der Waals surface area (Å²) in [4.78, 5) is 0. The first-order chi connectivity index (χ1) is 6.90. The third-order valence-corrected chi connectivity index (χ3v) is 2.13. The molecule has 1 heterocycles. The molecule has 0 unspecified atom stereocenters. The minimum atomic E-state index is 0. The standard InChI is InChI=1S/C11H14N3.BrH/c12-6-7-13-8-9-14(10-13)11-4-2-1-3-5-11;/h1-5,8-10H,6-7,12H2;1H/q+1;/p-1. The van der Waals surface area contributed by atoms with E-state index in [1.165, 1.54) is 5.69 Å². The molecule has 1 aromatic carbocycles.